The smallest absolute Gasteiger partial charge is 0.240 e. The van der Waals surface area contributed by atoms with Crippen molar-refractivity contribution in [3.05, 3.63) is 78.9 Å². The molecule has 0 fully saturated rings. The Kier molecular flexibility index (Phi) is 4.80. The standard InChI is InChI=1S/C21H19N3OS/c25-21(23-22-16-8-2-1-3-9-16)14-15-24-17-10-4-6-12-19(17)26-20-13-7-5-11-18(20)24/h1-13,22H,14-15H2,(H,23,25). The van der Waals surface area contributed by atoms with Gasteiger partial charge in [0.05, 0.1) is 17.1 Å². The summed E-state index contributed by atoms with van der Waals surface area (Å²) < 4.78 is 0. The third-order valence-electron chi connectivity index (χ3n) is 4.21. The van der Waals surface area contributed by atoms with Crippen LogP contribution in [0.5, 0.6) is 0 Å². The molecule has 0 atom stereocenters. The third kappa shape index (κ3) is 3.53. The van der Waals surface area contributed by atoms with Crippen LogP contribution in [0.1, 0.15) is 6.42 Å². The predicted octanol–water partition coefficient (Wildman–Crippen LogP) is 4.82. The Morgan fingerprint density at radius 3 is 2.04 bits per heavy atom. The average molecular weight is 361 g/mol. The second-order valence-electron chi connectivity index (χ2n) is 5.98. The summed E-state index contributed by atoms with van der Waals surface area (Å²) in [5.41, 5.74) is 8.89. The van der Waals surface area contributed by atoms with Crippen LogP contribution in [0.4, 0.5) is 17.1 Å². The van der Waals surface area contributed by atoms with Crippen molar-refractivity contribution in [1.82, 2.24) is 5.43 Å². The summed E-state index contributed by atoms with van der Waals surface area (Å²) in [6.07, 6.45) is 0.396. The van der Waals surface area contributed by atoms with Gasteiger partial charge in [-0.3, -0.25) is 15.6 Å². The summed E-state index contributed by atoms with van der Waals surface area (Å²) in [6, 6.07) is 26.3. The number of fused-ring (bicyclic) bond motifs is 2. The molecule has 0 unspecified atom stereocenters. The van der Waals surface area contributed by atoms with Gasteiger partial charge in [-0.25, -0.2) is 0 Å². The van der Waals surface area contributed by atoms with Gasteiger partial charge < -0.3 is 4.90 Å². The maximum atomic E-state index is 12.3. The van der Waals surface area contributed by atoms with Gasteiger partial charge in [-0.05, 0) is 36.4 Å². The number of anilines is 3. The molecule has 0 aliphatic carbocycles. The molecule has 5 heteroatoms. The van der Waals surface area contributed by atoms with Crippen LogP contribution in [0.2, 0.25) is 0 Å². The van der Waals surface area contributed by atoms with Crippen molar-refractivity contribution < 1.29 is 4.79 Å². The third-order valence-corrected chi connectivity index (χ3v) is 5.34. The van der Waals surface area contributed by atoms with Crippen molar-refractivity contribution in [3.63, 3.8) is 0 Å². The molecular formula is C21H19N3OS. The Labute approximate surface area is 157 Å². The SMILES string of the molecule is O=C(CCN1c2ccccc2Sc2ccccc21)NNc1ccccc1. The molecule has 0 saturated carbocycles. The van der Waals surface area contributed by atoms with E-state index in [9.17, 15) is 4.79 Å². The number of rotatable bonds is 5. The quantitative estimate of drug-likeness (QED) is 0.639. The summed E-state index contributed by atoms with van der Waals surface area (Å²) in [7, 11) is 0. The van der Waals surface area contributed by atoms with Crippen LogP contribution in [-0.4, -0.2) is 12.5 Å². The fourth-order valence-electron chi connectivity index (χ4n) is 2.96. The van der Waals surface area contributed by atoms with Crippen molar-refractivity contribution in [2.24, 2.45) is 0 Å². The Hall–Kier alpha value is -2.92. The first kappa shape index (κ1) is 16.5. The fourth-order valence-corrected chi connectivity index (χ4v) is 4.06. The normalized spacial score (nSPS) is 12.1. The number of para-hydroxylation sites is 3. The van der Waals surface area contributed by atoms with E-state index in [-0.39, 0.29) is 5.91 Å². The van der Waals surface area contributed by atoms with E-state index in [0.29, 0.717) is 13.0 Å². The molecule has 0 aromatic heterocycles. The number of hydrogen-bond donors (Lipinski definition) is 2. The molecule has 0 bridgehead atoms. The van der Waals surface area contributed by atoms with Gasteiger partial charge in [-0.15, -0.1) is 0 Å². The summed E-state index contributed by atoms with van der Waals surface area (Å²) in [5, 5.41) is 0. The van der Waals surface area contributed by atoms with Crippen LogP contribution < -0.4 is 15.8 Å². The second-order valence-corrected chi connectivity index (χ2v) is 7.06. The van der Waals surface area contributed by atoms with Crippen LogP contribution in [-0.2, 0) is 4.79 Å². The first-order valence-corrected chi connectivity index (χ1v) is 9.36. The lowest BCUT2D eigenvalue weighted by atomic mass is 10.2. The van der Waals surface area contributed by atoms with Crippen molar-refractivity contribution in [2.45, 2.75) is 16.2 Å². The van der Waals surface area contributed by atoms with Gasteiger partial charge in [0.25, 0.3) is 0 Å². The minimum absolute atomic E-state index is 0.0398. The number of carbonyl (C=O) groups is 1. The van der Waals surface area contributed by atoms with E-state index in [1.165, 1.54) is 9.79 Å². The van der Waals surface area contributed by atoms with E-state index in [1.807, 2.05) is 42.5 Å². The lowest BCUT2D eigenvalue weighted by Gasteiger charge is -2.32. The maximum absolute atomic E-state index is 12.3. The summed E-state index contributed by atoms with van der Waals surface area (Å²) in [6.45, 7) is 0.622. The van der Waals surface area contributed by atoms with Crippen LogP contribution in [0, 0.1) is 0 Å². The molecule has 130 valence electrons. The highest BCUT2D eigenvalue weighted by Crippen LogP contribution is 2.47. The first-order valence-electron chi connectivity index (χ1n) is 8.54. The highest BCUT2D eigenvalue weighted by Gasteiger charge is 2.22. The zero-order valence-electron chi connectivity index (χ0n) is 14.2. The molecule has 0 spiro atoms. The van der Waals surface area contributed by atoms with Gasteiger partial charge in [0.2, 0.25) is 5.91 Å². The van der Waals surface area contributed by atoms with Gasteiger partial charge in [0.1, 0.15) is 0 Å². The monoisotopic (exact) mass is 361 g/mol. The molecule has 1 aliphatic heterocycles. The zero-order valence-corrected chi connectivity index (χ0v) is 15.0. The van der Waals surface area contributed by atoms with Crippen molar-refractivity contribution in [2.75, 3.05) is 16.9 Å². The van der Waals surface area contributed by atoms with E-state index in [2.05, 4.69) is 52.1 Å². The Morgan fingerprint density at radius 1 is 0.808 bits per heavy atom. The second kappa shape index (κ2) is 7.54. The number of nitrogens with zero attached hydrogens (tertiary/aromatic N) is 1. The molecule has 1 heterocycles. The van der Waals surface area contributed by atoms with E-state index in [0.717, 1.165) is 17.1 Å². The van der Waals surface area contributed by atoms with Crippen LogP contribution in [0.3, 0.4) is 0 Å². The van der Waals surface area contributed by atoms with Gasteiger partial charge in [0.15, 0.2) is 0 Å². The number of hydrazine groups is 1. The molecule has 1 aliphatic rings. The lowest BCUT2D eigenvalue weighted by Crippen LogP contribution is -2.33. The number of carbonyl (C=O) groups excluding carboxylic acids is 1. The minimum atomic E-state index is -0.0398. The Morgan fingerprint density at radius 2 is 1.38 bits per heavy atom. The summed E-state index contributed by atoms with van der Waals surface area (Å²) >= 11 is 1.77. The Bertz CT molecular complexity index is 868. The zero-order chi connectivity index (χ0) is 17.8. The van der Waals surface area contributed by atoms with Crippen LogP contribution >= 0.6 is 11.8 Å². The highest BCUT2D eigenvalue weighted by atomic mass is 32.2. The first-order chi connectivity index (χ1) is 12.8. The minimum Gasteiger partial charge on any atom is -0.339 e. The van der Waals surface area contributed by atoms with E-state index >= 15 is 0 Å². The van der Waals surface area contributed by atoms with Gasteiger partial charge in [-0.2, -0.15) is 0 Å². The number of hydrogen-bond acceptors (Lipinski definition) is 4. The molecule has 4 rings (SSSR count). The molecular weight excluding hydrogens is 342 g/mol. The molecule has 1 amide bonds. The molecule has 0 radical (unpaired) electrons. The van der Waals surface area contributed by atoms with Crippen molar-refractivity contribution in [1.29, 1.82) is 0 Å². The van der Waals surface area contributed by atoms with Crippen molar-refractivity contribution >= 4 is 34.7 Å². The molecule has 26 heavy (non-hydrogen) atoms. The largest absolute Gasteiger partial charge is 0.339 e. The van der Waals surface area contributed by atoms with Gasteiger partial charge >= 0.3 is 0 Å². The van der Waals surface area contributed by atoms with E-state index < -0.39 is 0 Å². The molecule has 3 aromatic carbocycles. The van der Waals surface area contributed by atoms with Crippen LogP contribution in [0.15, 0.2) is 88.7 Å². The molecule has 2 N–H and O–H groups in total. The average Bonchev–Trinajstić information content (AvgIpc) is 2.70. The Balaban J connectivity index is 1.45. The molecule has 4 nitrogen and oxygen atoms in total. The van der Waals surface area contributed by atoms with Gasteiger partial charge in [0, 0.05) is 22.8 Å². The lowest BCUT2D eigenvalue weighted by molar-refractivity contribution is -0.120. The molecule has 0 saturated heterocycles. The van der Waals surface area contributed by atoms with E-state index in [1.54, 1.807) is 11.8 Å². The highest BCUT2D eigenvalue weighted by molar-refractivity contribution is 7.99. The fraction of sp³-hybridized carbons (Fsp3) is 0.0952. The number of nitrogens with one attached hydrogen (secondary N) is 2. The predicted molar refractivity (Wildman–Crippen MR) is 107 cm³/mol. The number of benzene rings is 3. The molecule has 3 aromatic rings. The van der Waals surface area contributed by atoms with Crippen LogP contribution in [0.25, 0.3) is 0 Å². The summed E-state index contributed by atoms with van der Waals surface area (Å²) in [4.78, 5) is 16.9. The maximum Gasteiger partial charge on any atom is 0.240 e. The topological polar surface area (TPSA) is 44.4 Å². The van der Waals surface area contributed by atoms with Crippen molar-refractivity contribution in [3.8, 4) is 0 Å². The van der Waals surface area contributed by atoms with Gasteiger partial charge in [-0.1, -0.05) is 54.2 Å². The summed E-state index contributed by atoms with van der Waals surface area (Å²) in [5.74, 6) is -0.0398. The number of amides is 1. The van der Waals surface area contributed by atoms with E-state index in [4.69, 9.17) is 0 Å².